The van der Waals surface area contributed by atoms with Crippen LogP contribution in [0.15, 0.2) is 42.5 Å². The molecule has 0 heterocycles. The van der Waals surface area contributed by atoms with E-state index in [9.17, 15) is 4.39 Å². The molecule has 6 heteroatoms. The molecule has 0 radical (unpaired) electrons. The van der Waals surface area contributed by atoms with Crippen molar-refractivity contribution in [1.82, 2.24) is 5.32 Å². The third kappa shape index (κ3) is 4.56. The zero-order valence-corrected chi connectivity index (χ0v) is 14.0. The van der Waals surface area contributed by atoms with Crippen molar-refractivity contribution in [2.75, 3.05) is 19.5 Å². The monoisotopic (exact) mass is 334 g/mol. The van der Waals surface area contributed by atoms with Gasteiger partial charge in [-0.05, 0) is 61.6 Å². The Bertz CT molecular complexity index is 677. The van der Waals surface area contributed by atoms with Crippen LogP contribution in [-0.4, -0.2) is 19.3 Å². The van der Waals surface area contributed by atoms with E-state index < -0.39 is 0 Å². The number of hydrogen-bond donors (Lipinski definition) is 2. The lowest BCUT2D eigenvalue weighted by Gasteiger charge is -2.20. The fraction of sp³-hybridized carbons (Fsp3) is 0.235. The Morgan fingerprint density at radius 3 is 2.39 bits per heavy atom. The van der Waals surface area contributed by atoms with Gasteiger partial charge in [0.15, 0.2) is 5.11 Å². The summed E-state index contributed by atoms with van der Waals surface area (Å²) in [4.78, 5) is 0. The highest BCUT2D eigenvalue weighted by Crippen LogP contribution is 2.29. The lowest BCUT2D eigenvalue weighted by atomic mass is 10.1. The van der Waals surface area contributed by atoms with E-state index in [0.29, 0.717) is 10.8 Å². The molecule has 0 aliphatic carbocycles. The molecule has 23 heavy (non-hydrogen) atoms. The summed E-state index contributed by atoms with van der Waals surface area (Å²) in [6, 6.07) is 11.5. The van der Waals surface area contributed by atoms with Crippen molar-refractivity contribution in [3.05, 3.63) is 53.8 Å². The topological polar surface area (TPSA) is 42.5 Å². The van der Waals surface area contributed by atoms with Gasteiger partial charge in [-0.2, -0.15) is 0 Å². The van der Waals surface area contributed by atoms with E-state index in [4.69, 9.17) is 21.7 Å². The van der Waals surface area contributed by atoms with E-state index in [1.165, 1.54) is 12.1 Å². The van der Waals surface area contributed by atoms with Gasteiger partial charge in [0.2, 0.25) is 0 Å². The maximum Gasteiger partial charge on any atom is 0.171 e. The zero-order valence-electron chi connectivity index (χ0n) is 13.2. The summed E-state index contributed by atoms with van der Waals surface area (Å²) in [5.74, 6) is 1.20. The largest absolute Gasteiger partial charge is 0.497 e. The summed E-state index contributed by atoms with van der Waals surface area (Å²) in [7, 11) is 3.23. The molecule has 0 unspecified atom stereocenters. The van der Waals surface area contributed by atoms with Crippen molar-refractivity contribution in [1.29, 1.82) is 0 Å². The number of hydrogen-bond acceptors (Lipinski definition) is 3. The minimum atomic E-state index is -0.288. The van der Waals surface area contributed by atoms with Crippen LogP contribution in [0, 0.1) is 5.82 Å². The van der Waals surface area contributed by atoms with E-state index in [2.05, 4.69) is 10.6 Å². The highest BCUT2D eigenvalue weighted by molar-refractivity contribution is 7.80. The molecule has 122 valence electrons. The van der Waals surface area contributed by atoms with Gasteiger partial charge >= 0.3 is 0 Å². The molecule has 1 atom stereocenters. The van der Waals surface area contributed by atoms with Crippen molar-refractivity contribution >= 4 is 23.0 Å². The molecule has 0 saturated heterocycles. The van der Waals surface area contributed by atoms with Crippen LogP contribution >= 0.6 is 12.2 Å². The second-order valence-corrected chi connectivity index (χ2v) is 5.34. The fourth-order valence-corrected chi connectivity index (χ4v) is 2.45. The Hall–Kier alpha value is -2.34. The first-order chi connectivity index (χ1) is 11.0. The molecular formula is C17H19FN2O2S. The average Bonchev–Trinajstić information content (AvgIpc) is 2.56. The number of thiocarbonyl (C=S) groups is 1. The molecular weight excluding hydrogens is 315 g/mol. The van der Waals surface area contributed by atoms with Crippen LogP contribution in [0.5, 0.6) is 11.5 Å². The molecule has 0 aliphatic rings. The molecule has 2 aromatic carbocycles. The summed E-state index contributed by atoms with van der Waals surface area (Å²) >= 11 is 5.30. The first kappa shape index (κ1) is 17.0. The van der Waals surface area contributed by atoms with Crippen molar-refractivity contribution < 1.29 is 13.9 Å². The first-order valence-corrected chi connectivity index (χ1v) is 7.49. The Morgan fingerprint density at radius 1 is 1.09 bits per heavy atom. The Morgan fingerprint density at radius 2 is 1.78 bits per heavy atom. The van der Waals surface area contributed by atoms with Crippen LogP contribution in [0.1, 0.15) is 18.5 Å². The van der Waals surface area contributed by atoms with Gasteiger partial charge in [-0.25, -0.2) is 4.39 Å². The number of anilines is 1. The first-order valence-electron chi connectivity index (χ1n) is 7.08. The van der Waals surface area contributed by atoms with Crippen LogP contribution in [0.3, 0.4) is 0 Å². The van der Waals surface area contributed by atoms with Crippen LogP contribution in [0.4, 0.5) is 10.1 Å². The molecule has 0 fully saturated rings. The van der Waals surface area contributed by atoms with Crippen molar-refractivity contribution in [2.24, 2.45) is 0 Å². The smallest absolute Gasteiger partial charge is 0.171 e. The van der Waals surface area contributed by atoms with Gasteiger partial charge in [0.05, 0.1) is 20.3 Å². The van der Waals surface area contributed by atoms with Gasteiger partial charge < -0.3 is 20.1 Å². The second-order valence-electron chi connectivity index (χ2n) is 4.93. The molecule has 2 aromatic rings. The predicted molar refractivity (Wildman–Crippen MR) is 93.7 cm³/mol. The Balaban J connectivity index is 2.07. The quantitative estimate of drug-likeness (QED) is 0.812. The molecule has 4 nitrogen and oxygen atoms in total. The molecule has 0 saturated carbocycles. The maximum absolute atomic E-state index is 12.9. The van der Waals surface area contributed by atoms with E-state index in [1.54, 1.807) is 26.4 Å². The number of nitrogens with one attached hydrogen (secondary N) is 2. The van der Waals surface area contributed by atoms with E-state index in [-0.39, 0.29) is 11.9 Å². The lowest BCUT2D eigenvalue weighted by Crippen LogP contribution is -2.31. The zero-order chi connectivity index (χ0) is 16.8. The second kappa shape index (κ2) is 7.78. The number of benzene rings is 2. The minimum Gasteiger partial charge on any atom is -0.497 e. The summed E-state index contributed by atoms with van der Waals surface area (Å²) in [5, 5.41) is 6.63. The van der Waals surface area contributed by atoms with Gasteiger partial charge in [0.25, 0.3) is 0 Å². The van der Waals surface area contributed by atoms with Crippen LogP contribution in [0.25, 0.3) is 0 Å². The Labute approximate surface area is 140 Å². The van der Waals surface area contributed by atoms with Crippen molar-refractivity contribution in [3.8, 4) is 11.5 Å². The standard InChI is InChI=1S/C17H19FN2O2S/c1-11(15-10-14(21-2)8-9-16(15)22-3)19-17(23)20-13-6-4-12(18)5-7-13/h4-11H,1-3H3,(H2,19,20,23)/t11-/m1/s1. The lowest BCUT2D eigenvalue weighted by molar-refractivity contribution is 0.395. The number of halogens is 1. The third-order valence-electron chi connectivity index (χ3n) is 3.35. The van der Waals surface area contributed by atoms with E-state index in [1.807, 2.05) is 25.1 Å². The molecule has 0 spiro atoms. The highest BCUT2D eigenvalue weighted by atomic mass is 32.1. The highest BCUT2D eigenvalue weighted by Gasteiger charge is 2.14. The number of methoxy groups -OCH3 is 2. The maximum atomic E-state index is 12.9. The Kier molecular flexibility index (Phi) is 5.76. The molecule has 0 bridgehead atoms. The molecule has 0 aliphatic heterocycles. The van der Waals surface area contributed by atoms with E-state index in [0.717, 1.165) is 17.1 Å². The third-order valence-corrected chi connectivity index (χ3v) is 3.57. The summed E-state index contributed by atoms with van der Waals surface area (Å²) < 4.78 is 23.5. The fourth-order valence-electron chi connectivity index (χ4n) is 2.15. The molecule has 0 amide bonds. The SMILES string of the molecule is COc1ccc(OC)c([C@@H](C)NC(=S)Nc2ccc(F)cc2)c1. The van der Waals surface area contributed by atoms with Crippen LogP contribution < -0.4 is 20.1 Å². The number of rotatable bonds is 5. The van der Waals surface area contributed by atoms with Gasteiger partial charge in [-0.3, -0.25) is 0 Å². The average molecular weight is 334 g/mol. The van der Waals surface area contributed by atoms with Crippen molar-refractivity contribution in [2.45, 2.75) is 13.0 Å². The summed E-state index contributed by atoms with van der Waals surface area (Å²) in [6.45, 7) is 1.97. The van der Waals surface area contributed by atoms with Crippen LogP contribution in [0.2, 0.25) is 0 Å². The van der Waals surface area contributed by atoms with E-state index >= 15 is 0 Å². The van der Waals surface area contributed by atoms with Gasteiger partial charge in [-0.1, -0.05) is 0 Å². The summed E-state index contributed by atoms with van der Waals surface area (Å²) in [6.07, 6.45) is 0. The predicted octanol–water partition coefficient (Wildman–Crippen LogP) is 3.89. The molecule has 2 N–H and O–H groups in total. The van der Waals surface area contributed by atoms with Gasteiger partial charge in [0, 0.05) is 11.3 Å². The minimum absolute atomic E-state index is 0.0968. The van der Waals surface area contributed by atoms with Gasteiger partial charge in [-0.15, -0.1) is 0 Å². The summed E-state index contributed by atoms with van der Waals surface area (Å²) in [5.41, 5.74) is 1.64. The van der Waals surface area contributed by atoms with Gasteiger partial charge in [0.1, 0.15) is 17.3 Å². The normalized spacial score (nSPS) is 11.5. The molecule has 2 rings (SSSR count). The van der Waals surface area contributed by atoms with Crippen molar-refractivity contribution in [3.63, 3.8) is 0 Å². The number of ether oxygens (including phenoxy) is 2. The molecule has 0 aromatic heterocycles. The van der Waals surface area contributed by atoms with Crippen LogP contribution in [-0.2, 0) is 0 Å².